The molecule has 0 bridgehead atoms. The molecule has 0 radical (unpaired) electrons. The predicted octanol–water partition coefficient (Wildman–Crippen LogP) is 1.70. The highest BCUT2D eigenvalue weighted by Gasteiger charge is 2.59. The van der Waals surface area contributed by atoms with E-state index in [0.717, 1.165) is 18.6 Å². The molecule has 1 aliphatic carbocycles. The minimum absolute atomic E-state index is 0.0111. The lowest BCUT2D eigenvalue weighted by atomic mass is 9.83. The van der Waals surface area contributed by atoms with Crippen LogP contribution in [0.2, 0.25) is 0 Å². The number of carbonyl (C=O) groups excluding carboxylic acids is 2. The van der Waals surface area contributed by atoms with Crippen molar-refractivity contribution < 1.29 is 19.2 Å². The highest BCUT2D eigenvalue weighted by Crippen LogP contribution is 2.46. The highest BCUT2D eigenvalue weighted by molar-refractivity contribution is 5.97. The first kappa shape index (κ1) is 13.1. The summed E-state index contributed by atoms with van der Waals surface area (Å²) < 4.78 is 5.03. The summed E-state index contributed by atoms with van der Waals surface area (Å²) in [5.74, 6) is -0.343. The minimum atomic E-state index is -0.963. The van der Waals surface area contributed by atoms with Gasteiger partial charge in [0, 0.05) is 6.42 Å². The fourth-order valence-electron chi connectivity index (χ4n) is 2.75. The number of ether oxygens (including phenoxy) is 1. The average Bonchev–Trinajstić information content (AvgIpc) is 2.83. The van der Waals surface area contributed by atoms with Crippen LogP contribution in [0.4, 0.5) is 0 Å². The maximum Gasteiger partial charge on any atom is 0.354 e. The Hall–Kier alpha value is -1.39. The third kappa shape index (κ3) is 2.02. The maximum atomic E-state index is 12.1. The Morgan fingerprint density at radius 3 is 2.89 bits per heavy atom. The average molecular weight is 253 g/mol. The molecule has 1 saturated carbocycles. The lowest BCUT2D eigenvalue weighted by Crippen LogP contribution is -2.45. The lowest BCUT2D eigenvalue weighted by molar-refractivity contribution is -0.173. The molecule has 2 rings (SSSR count). The summed E-state index contributed by atoms with van der Waals surface area (Å²) in [4.78, 5) is 28.5. The monoisotopic (exact) mass is 253 g/mol. The quantitative estimate of drug-likeness (QED) is 0.715. The van der Waals surface area contributed by atoms with E-state index in [-0.39, 0.29) is 24.2 Å². The topological polar surface area (TPSA) is 65.0 Å². The fraction of sp³-hybridized carbons (Fsp3) is 0.769. The molecule has 2 unspecified atom stereocenters. The zero-order chi connectivity index (χ0) is 13.3. The Balaban J connectivity index is 2.12. The summed E-state index contributed by atoms with van der Waals surface area (Å²) in [6.07, 6.45) is 2.44. The predicted molar refractivity (Wildman–Crippen MR) is 65.1 cm³/mol. The number of rotatable bonds is 4. The third-order valence-corrected chi connectivity index (χ3v) is 3.62. The molecule has 1 fully saturated rings. The number of hydrogen-bond donors (Lipinski definition) is 0. The molecule has 18 heavy (non-hydrogen) atoms. The van der Waals surface area contributed by atoms with Gasteiger partial charge in [0.2, 0.25) is 5.60 Å². The van der Waals surface area contributed by atoms with Gasteiger partial charge in [0.05, 0.1) is 11.6 Å². The molecule has 5 nitrogen and oxygen atoms in total. The second-order valence-corrected chi connectivity index (χ2v) is 5.37. The van der Waals surface area contributed by atoms with Gasteiger partial charge in [0.15, 0.2) is 5.78 Å². The molecule has 0 aromatic heterocycles. The van der Waals surface area contributed by atoms with Crippen molar-refractivity contribution in [2.45, 2.75) is 45.6 Å². The van der Waals surface area contributed by atoms with Crippen LogP contribution < -0.4 is 0 Å². The van der Waals surface area contributed by atoms with Crippen LogP contribution in [0.25, 0.3) is 0 Å². The molecule has 2 atom stereocenters. The number of oxime groups is 1. The first-order valence-corrected chi connectivity index (χ1v) is 6.40. The zero-order valence-electron chi connectivity index (χ0n) is 11.1. The zero-order valence-corrected chi connectivity index (χ0v) is 11.1. The van der Waals surface area contributed by atoms with E-state index in [0.29, 0.717) is 6.42 Å². The van der Waals surface area contributed by atoms with E-state index in [9.17, 15) is 9.59 Å². The maximum absolute atomic E-state index is 12.1. The van der Waals surface area contributed by atoms with Crippen LogP contribution in [0.15, 0.2) is 5.16 Å². The van der Waals surface area contributed by atoms with Crippen molar-refractivity contribution in [2.75, 3.05) is 6.61 Å². The van der Waals surface area contributed by atoms with Crippen molar-refractivity contribution in [1.29, 1.82) is 0 Å². The van der Waals surface area contributed by atoms with Gasteiger partial charge in [0.25, 0.3) is 0 Å². The van der Waals surface area contributed by atoms with E-state index in [4.69, 9.17) is 9.57 Å². The molecular formula is C13H19NO4. The van der Waals surface area contributed by atoms with Crippen molar-refractivity contribution >= 4 is 17.5 Å². The molecule has 0 amide bonds. The number of carbonyl (C=O) groups is 2. The summed E-state index contributed by atoms with van der Waals surface area (Å²) in [7, 11) is 0. The van der Waals surface area contributed by atoms with E-state index in [1.165, 1.54) is 6.92 Å². The van der Waals surface area contributed by atoms with Crippen molar-refractivity contribution in [1.82, 2.24) is 0 Å². The largest absolute Gasteiger partial charge is 0.455 e. The van der Waals surface area contributed by atoms with Gasteiger partial charge in [-0.1, -0.05) is 19.0 Å². The Morgan fingerprint density at radius 1 is 1.56 bits per heavy atom. The van der Waals surface area contributed by atoms with Crippen LogP contribution in [0, 0.1) is 11.8 Å². The van der Waals surface area contributed by atoms with Crippen LogP contribution in [0.5, 0.6) is 0 Å². The summed E-state index contributed by atoms with van der Waals surface area (Å²) in [6, 6.07) is 0. The van der Waals surface area contributed by atoms with E-state index < -0.39 is 11.6 Å². The van der Waals surface area contributed by atoms with Gasteiger partial charge in [-0.15, -0.1) is 0 Å². The van der Waals surface area contributed by atoms with Gasteiger partial charge in [0.1, 0.15) is 6.61 Å². The molecule has 1 heterocycles. The SMILES string of the molecule is CC(=O)COC(=O)C12CCCC1C(C(C)C)=NO2. The van der Waals surface area contributed by atoms with Crippen molar-refractivity contribution in [3.8, 4) is 0 Å². The minimum Gasteiger partial charge on any atom is -0.455 e. The number of Topliss-reactive ketones (excluding diaryl/α,β-unsaturated/α-hetero) is 1. The van der Waals surface area contributed by atoms with E-state index in [2.05, 4.69) is 5.16 Å². The lowest BCUT2D eigenvalue weighted by Gasteiger charge is -2.24. The second kappa shape index (κ2) is 4.71. The van der Waals surface area contributed by atoms with Crippen molar-refractivity contribution in [3.05, 3.63) is 0 Å². The Kier molecular flexibility index (Phi) is 3.41. The molecule has 0 aromatic rings. The van der Waals surface area contributed by atoms with E-state index in [1.807, 2.05) is 13.8 Å². The molecule has 5 heteroatoms. The molecular weight excluding hydrogens is 234 g/mol. The normalized spacial score (nSPS) is 29.8. The van der Waals surface area contributed by atoms with Crippen LogP contribution in [-0.4, -0.2) is 29.7 Å². The molecule has 0 N–H and O–H groups in total. The Labute approximate surface area is 107 Å². The smallest absolute Gasteiger partial charge is 0.354 e. The number of ketones is 1. The van der Waals surface area contributed by atoms with Gasteiger partial charge < -0.3 is 9.57 Å². The van der Waals surface area contributed by atoms with E-state index in [1.54, 1.807) is 0 Å². The number of hydrogen-bond acceptors (Lipinski definition) is 5. The van der Waals surface area contributed by atoms with Gasteiger partial charge in [-0.3, -0.25) is 4.79 Å². The van der Waals surface area contributed by atoms with Crippen molar-refractivity contribution in [3.63, 3.8) is 0 Å². The number of nitrogens with zero attached hydrogens (tertiary/aromatic N) is 1. The summed E-state index contributed by atoms with van der Waals surface area (Å²) in [5, 5.41) is 4.07. The summed E-state index contributed by atoms with van der Waals surface area (Å²) in [6.45, 7) is 5.28. The van der Waals surface area contributed by atoms with Gasteiger partial charge in [-0.25, -0.2) is 4.79 Å². The third-order valence-electron chi connectivity index (χ3n) is 3.62. The van der Waals surface area contributed by atoms with E-state index >= 15 is 0 Å². The number of esters is 1. The Morgan fingerprint density at radius 2 is 2.28 bits per heavy atom. The van der Waals surface area contributed by atoms with Crippen molar-refractivity contribution in [2.24, 2.45) is 17.0 Å². The number of fused-ring (bicyclic) bond motifs is 1. The van der Waals surface area contributed by atoms with Gasteiger partial charge in [-0.05, 0) is 25.7 Å². The first-order chi connectivity index (χ1) is 8.47. The van der Waals surface area contributed by atoms with Crippen LogP contribution in [-0.2, 0) is 19.2 Å². The molecule has 2 aliphatic rings. The van der Waals surface area contributed by atoms with Gasteiger partial charge >= 0.3 is 5.97 Å². The highest BCUT2D eigenvalue weighted by atomic mass is 16.7. The summed E-state index contributed by atoms with van der Waals surface area (Å²) in [5.41, 5.74) is -0.0259. The fourth-order valence-corrected chi connectivity index (χ4v) is 2.75. The van der Waals surface area contributed by atoms with Gasteiger partial charge in [-0.2, -0.15) is 0 Å². The Bertz CT molecular complexity index is 402. The molecule has 100 valence electrons. The van der Waals surface area contributed by atoms with Crippen LogP contribution in [0.3, 0.4) is 0 Å². The van der Waals surface area contributed by atoms with Crippen LogP contribution in [0.1, 0.15) is 40.0 Å². The summed E-state index contributed by atoms with van der Waals surface area (Å²) >= 11 is 0. The molecule has 0 spiro atoms. The van der Waals surface area contributed by atoms with Crippen LogP contribution >= 0.6 is 0 Å². The standard InChI is InChI=1S/C13H19NO4/c1-8(2)11-10-5-4-6-13(10,18-14-11)12(16)17-7-9(3)15/h8,10H,4-7H2,1-3H3. The molecule has 0 saturated heterocycles. The first-order valence-electron chi connectivity index (χ1n) is 6.40. The molecule has 0 aromatic carbocycles. The second-order valence-electron chi connectivity index (χ2n) is 5.37. The molecule has 1 aliphatic heterocycles.